The molecular weight excluding hydrogens is 364 g/mol. The van der Waals surface area contributed by atoms with E-state index in [2.05, 4.69) is 21.9 Å². The summed E-state index contributed by atoms with van der Waals surface area (Å²) in [6.45, 7) is 3.57. The van der Waals surface area contributed by atoms with Gasteiger partial charge in [-0.15, -0.1) is 0 Å². The van der Waals surface area contributed by atoms with Gasteiger partial charge in [-0.2, -0.15) is 0 Å². The van der Waals surface area contributed by atoms with E-state index in [9.17, 15) is 13.2 Å². The fourth-order valence-corrected chi connectivity index (χ4v) is 3.74. The van der Waals surface area contributed by atoms with Crippen LogP contribution in [0.3, 0.4) is 0 Å². The highest BCUT2D eigenvalue weighted by molar-refractivity contribution is 7.89. The van der Waals surface area contributed by atoms with Crippen LogP contribution in [-0.4, -0.2) is 34.0 Å². The van der Waals surface area contributed by atoms with E-state index in [-0.39, 0.29) is 28.8 Å². The Kier molecular flexibility index (Phi) is 6.99. The van der Waals surface area contributed by atoms with Crippen LogP contribution in [-0.2, 0) is 10.0 Å². The number of nitrogens with one attached hydrogen (secondary N) is 2. The maximum absolute atomic E-state index is 12.5. The summed E-state index contributed by atoms with van der Waals surface area (Å²) in [5.74, 6) is 5.55. The highest BCUT2D eigenvalue weighted by Crippen LogP contribution is 2.25. The zero-order valence-corrected chi connectivity index (χ0v) is 16.3. The second-order valence-corrected chi connectivity index (χ2v) is 7.67. The number of hydrogen-bond donors (Lipinski definition) is 2. The number of hydrogen-bond acceptors (Lipinski definition) is 4. The molecule has 1 amide bonds. The largest absolute Gasteiger partial charge is 0.495 e. The van der Waals surface area contributed by atoms with Crippen LogP contribution in [0.1, 0.15) is 29.8 Å². The van der Waals surface area contributed by atoms with Crippen molar-refractivity contribution < 1.29 is 17.9 Å². The van der Waals surface area contributed by atoms with Gasteiger partial charge < -0.3 is 10.1 Å². The molecule has 2 rings (SSSR count). The Hall–Kier alpha value is -2.82. The fraction of sp³-hybridized carbons (Fsp3) is 0.250. The van der Waals surface area contributed by atoms with Crippen molar-refractivity contribution in [3.63, 3.8) is 0 Å². The van der Waals surface area contributed by atoms with Crippen LogP contribution in [0.15, 0.2) is 53.4 Å². The van der Waals surface area contributed by atoms with Crippen LogP contribution in [0.5, 0.6) is 5.75 Å². The summed E-state index contributed by atoms with van der Waals surface area (Å²) in [5.41, 5.74) is 1.06. The molecule has 0 atom stereocenters. The van der Waals surface area contributed by atoms with Crippen molar-refractivity contribution in [2.24, 2.45) is 0 Å². The fourth-order valence-electron chi connectivity index (χ4n) is 2.30. The average Bonchev–Trinajstić information content (AvgIpc) is 2.64. The smallest absolute Gasteiger partial charge is 0.252 e. The maximum Gasteiger partial charge on any atom is 0.252 e. The molecule has 0 aromatic heterocycles. The summed E-state index contributed by atoms with van der Waals surface area (Å²) in [7, 11) is -2.42. The number of sulfonamides is 1. The summed E-state index contributed by atoms with van der Waals surface area (Å²) in [4.78, 5) is 12.2. The second-order valence-electron chi connectivity index (χ2n) is 5.99. The molecule has 0 saturated carbocycles. The zero-order valence-electron chi connectivity index (χ0n) is 15.4. The van der Waals surface area contributed by atoms with E-state index in [1.807, 2.05) is 30.3 Å². The molecule has 6 nitrogen and oxygen atoms in total. The minimum absolute atomic E-state index is 0.0817. The SMILES string of the molecule is COc1ccc(C(=O)NCC#Cc2ccccc2)cc1S(=O)(=O)NC(C)C. The van der Waals surface area contributed by atoms with Gasteiger partial charge in [0.1, 0.15) is 10.6 Å². The molecular formula is C20H22N2O4S. The van der Waals surface area contributed by atoms with E-state index in [1.165, 1.54) is 25.3 Å². The molecule has 2 aromatic rings. The van der Waals surface area contributed by atoms with Gasteiger partial charge >= 0.3 is 0 Å². The number of ether oxygens (including phenoxy) is 1. The first-order valence-electron chi connectivity index (χ1n) is 8.36. The van der Waals surface area contributed by atoms with Gasteiger partial charge in [-0.25, -0.2) is 13.1 Å². The molecule has 0 aliphatic rings. The number of benzene rings is 2. The second kappa shape index (κ2) is 9.21. The number of carbonyl (C=O) groups excluding carboxylic acids is 1. The van der Waals surface area contributed by atoms with E-state index in [0.717, 1.165) is 5.56 Å². The van der Waals surface area contributed by atoms with E-state index >= 15 is 0 Å². The monoisotopic (exact) mass is 386 g/mol. The van der Waals surface area contributed by atoms with Gasteiger partial charge in [-0.05, 0) is 44.2 Å². The topological polar surface area (TPSA) is 84.5 Å². The van der Waals surface area contributed by atoms with Crippen molar-refractivity contribution in [2.45, 2.75) is 24.8 Å². The highest BCUT2D eigenvalue weighted by Gasteiger charge is 2.22. The lowest BCUT2D eigenvalue weighted by Crippen LogP contribution is -2.31. The van der Waals surface area contributed by atoms with Gasteiger partial charge in [0, 0.05) is 17.2 Å². The van der Waals surface area contributed by atoms with Gasteiger partial charge in [0.25, 0.3) is 5.91 Å². The molecule has 0 aliphatic carbocycles. The Morgan fingerprint density at radius 1 is 1.15 bits per heavy atom. The molecule has 0 aliphatic heterocycles. The van der Waals surface area contributed by atoms with Crippen molar-refractivity contribution in [3.05, 3.63) is 59.7 Å². The number of methoxy groups -OCH3 is 1. The van der Waals surface area contributed by atoms with Gasteiger partial charge in [0.05, 0.1) is 13.7 Å². The predicted octanol–water partition coefficient (Wildman–Crippen LogP) is 2.16. The number of rotatable bonds is 6. The molecule has 0 spiro atoms. The Balaban J connectivity index is 2.15. The lowest BCUT2D eigenvalue weighted by molar-refractivity contribution is 0.0958. The van der Waals surface area contributed by atoms with E-state index in [0.29, 0.717) is 0 Å². The highest BCUT2D eigenvalue weighted by atomic mass is 32.2. The van der Waals surface area contributed by atoms with Crippen LogP contribution in [0.2, 0.25) is 0 Å². The Morgan fingerprint density at radius 3 is 2.48 bits per heavy atom. The Labute approximate surface area is 160 Å². The third-order valence-electron chi connectivity index (χ3n) is 3.45. The molecule has 0 saturated heterocycles. The summed E-state index contributed by atoms with van der Waals surface area (Å²) < 4.78 is 32.5. The first-order chi connectivity index (χ1) is 12.8. The van der Waals surface area contributed by atoms with Gasteiger partial charge in [-0.3, -0.25) is 4.79 Å². The number of carbonyl (C=O) groups is 1. The van der Waals surface area contributed by atoms with Gasteiger partial charge in [-0.1, -0.05) is 30.0 Å². The number of amides is 1. The van der Waals surface area contributed by atoms with Crippen molar-refractivity contribution in [1.29, 1.82) is 0 Å². The van der Waals surface area contributed by atoms with E-state index in [4.69, 9.17) is 4.74 Å². The third-order valence-corrected chi connectivity index (χ3v) is 5.13. The van der Waals surface area contributed by atoms with Crippen LogP contribution in [0, 0.1) is 11.8 Å². The van der Waals surface area contributed by atoms with Crippen LogP contribution >= 0.6 is 0 Å². The molecule has 7 heteroatoms. The molecule has 2 aromatic carbocycles. The normalized spacial score (nSPS) is 10.8. The molecule has 2 N–H and O–H groups in total. The van der Waals surface area contributed by atoms with Crippen molar-refractivity contribution in [2.75, 3.05) is 13.7 Å². The maximum atomic E-state index is 12.5. The lowest BCUT2D eigenvalue weighted by Gasteiger charge is -2.14. The molecule has 0 unspecified atom stereocenters. The first kappa shape index (κ1) is 20.5. The third kappa shape index (κ3) is 5.84. The van der Waals surface area contributed by atoms with Crippen LogP contribution in [0.25, 0.3) is 0 Å². The first-order valence-corrected chi connectivity index (χ1v) is 9.84. The van der Waals surface area contributed by atoms with Crippen molar-refractivity contribution in [1.82, 2.24) is 10.0 Å². The van der Waals surface area contributed by atoms with Gasteiger partial charge in [0.15, 0.2) is 0 Å². The average molecular weight is 386 g/mol. The van der Waals surface area contributed by atoms with E-state index < -0.39 is 15.9 Å². The molecule has 142 valence electrons. The van der Waals surface area contributed by atoms with E-state index in [1.54, 1.807) is 13.8 Å². The van der Waals surface area contributed by atoms with Crippen molar-refractivity contribution in [3.8, 4) is 17.6 Å². The van der Waals surface area contributed by atoms with Crippen LogP contribution in [0.4, 0.5) is 0 Å². The molecule has 0 heterocycles. The quantitative estimate of drug-likeness (QED) is 0.745. The molecule has 0 radical (unpaired) electrons. The Bertz CT molecular complexity index is 958. The van der Waals surface area contributed by atoms with Crippen molar-refractivity contribution >= 4 is 15.9 Å². The zero-order chi connectivity index (χ0) is 19.9. The molecule has 0 bridgehead atoms. The van der Waals surface area contributed by atoms with Gasteiger partial charge in [0.2, 0.25) is 10.0 Å². The summed E-state index contributed by atoms with van der Waals surface area (Å²) >= 11 is 0. The summed E-state index contributed by atoms with van der Waals surface area (Å²) in [6.07, 6.45) is 0. The standard InChI is InChI=1S/C20H22N2O4S/c1-15(2)22-27(24,25)19-14-17(11-12-18(19)26-3)20(23)21-13-7-10-16-8-5-4-6-9-16/h4-6,8-9,11-12,14-15,22H,13H2,1-3H3,(H,21,23). The lowest BCUT2D eigenvalue weighted by atomic mass is 10.2. The molecule has 27 heavy (non-hydrogen) atoms. The van der Waals surface area contributed by atoms with Crippen LogP contribution < -0.4 is 14.8 Å². The molecule has 0 fully saturated rings. The summed E-state index contributed by atoms with van der Waals surface area (Å²) in [5, 5.41) is 2.66. The summed E-state index contributed by atoms with van der Waals surface area (Å²) in [6, 6.07) is 13.4. The Morgan fingerprint density at radius 2 is 1.85 bits per heavy atom. The minimum Gasteiger partial charge on any atom is -0.495 e. The minimum atomic E-state index is -3.80. The predicted molar refractivity (Wildman–Crippen MR) is 104 cm³/mol.